The molecule has 30 heavy (non-hydrogen) atoms. The Hall–Kier alpha value is -3.12. The van der Waals surface area contributed by atoms with Gasteiger partial charge in [-0.3, -0.25) is 4.90 Å². The van der Waals surface area contributed by atoms with Crippen molar-refractivity contribution in [2.24, 2.45) is 0 Å². The lowest BCUT2D eigenvalue weighted by Crippen LogP contribution is -2.34. The van der Waals surface area contributed by atoms with Gasteiger partial charge < -0.3 is 15.2 Å². The molecule has 0 bridgehead atoms. The van der Waals surface area contributed by atoms with E-state index in [1.54, 1.807) is 14.2 Å². The van der Waals surface area contributed by atoms with Gasteiger partial charge in [0.25, 0.3) is 0 Å². The molecule has 1 saturated heterocycles. The van der Waals surface area contributed by atoms with Crippen LogP contribution in [0.1, 0.15) is 30.0 Å². The molecule has 2 heterocycles. The number of nitrogens with two attached hydrogens (primary N) is 1. The van der Waals surface area contributed by atoms with Gasteiger partial charge in [0.05, 0.1) is 19.9 Å². The minimum absolute atomic E-state index is 0.319. The van der Waals surface area contributed by atoms with Crippen LogP contribution in [0.5, 0.6) is 11.5 Å². The molecule has 1 aliphatic heterocycles. The fourth-order valence-electron chi connectivity index (χ4n) is 4.12. The maximum Gasteiger partial charge on any atom is 0.220 e. The summed E-state index contributed by atoms with van der Waals surface area (Å²) < 4.78 is 10.6. The van der Waals surface area contributed by atoms with E-state index in [9.17, 15) is 0 Å². The summed E-state index contributed by atoms with van der Waals surface area (Å²) in [6.07, 6.45) is 4.08. The highest BCUT2D eigenvalue weighted by Gasteiger charge is 2.25. The van der Waals surface area contributed by atoms with Crippen molar-refractivity contribution in [1.29, 1.82) is 0 Å². The van der Waals surface area contributed by atoms with E-state index >= 15 is 0 Å². The first-order valence-corrected chi connectivity index (χ1v) is 10.3. The third-order valence-corrected chi connectivity index (χ3v) is 5.70. The number of rotatable bonds is 6. The van der Waals surface area contributed by atoms with Crippen LogP contribution in [0.25, 0.3) is 11.1 Å². The Bertz CT molecular complexity index is 974. The van der Waals surface area contributed by atoms with Crippen molar-refractivity contribution in [2.45, 2.75) is 25.3 Å². The molecule has 0 spiro atoms. The van der Waals surface area contributed by atoms with E-state index in [0.29, 0.717) is 11.9 Å². The van der Waals surface area contributed by atoms with Gasteiger partial charge in [0.15, 0.2) is 0 Å². The number of benzene rings is 2. The van der Waals surface area contributed by atoms with Gasteiger partial charge in [-0.25, -0.2) is 9.97 Å². The van der Waals surface area contributed by atoms with E-state index in [-0.39, 0.29) is 0 Å². The van der Waals surface area contributed by atoms with E-state index < -0.39 is 0 Å². The lowest BCUT2D eigenvalue weighted by atomic mass is 9.89. The second-order valence-electron chi connectivity index (χ2n) is 7.68. The van der Waals surface area contributed by atoms with Crippen molar-refractivity contribution in [2.75, 3.05) is 33.0 Å². The smallest absolute Gasteiger partial charge is 0.220 e. The molecule has 1 aliphatic rings. The molecule has 0 unspecified atom stereocenters. The largest absolute Gasteiger partial charge is 0.497 e. The van der Waals surface area contributed by atoms with Crippen molar-refractivity contribution in [3.8, 4) is 22.6 Å². The summed E-state index contributed by atoms with van der Waals surface area (Å²) in [4.78, 5) is 11.4. The number of aromatic nitrogens is 2. The van der Waals surface area contributed by atoms with Crippen LogP contribution in [0.2, 0.25) is 0 Å². The fraction of sp³-hybridized carbons (Fsp3) is 0.333. The Morgan fingerprint density at radius 1 is 1.00 bits per heavy atom. The number of likely N-dealkylation sites (tertiary alicyclic amines) is 1. The van der Waals surface area contributed by atoms with Crippen molar-refractivity contribution < 1.29 is 9.47 Å². The van der Waals surface area contributed by atoms with Crippen LogP contribution in [0.4, 0.5) is 5.95 Å². The predicted octanol–water partition coefficient (Wildman–Crippen LogP) is 4.12. The molecule has 1 atom stereocenters. The Kier molecular flexibility index (Phi) is 6.14. The highest BCUT2D eigenvalue weighted by atomic mass is 16.5. The average molecular weight is 405 g/mol. The summed E-state index contributed by atoms with van der Waals surface area (Å²) in [5, 5.41) is 0. The molecule has 1 aromatic heterocycles. The number of ether oxygens (including phenoxy) is 2. The van der Waals surface area contributed by atoms with Crippen molar-refractivity contribution in [3.05, 3.63) is 66.0 Å². The zero-order valence-corrected chi connectivity index (χ0v) is 17.5. The molecule has 0 radical (unpaired) electrons. The summed E-state index contributed by atoms with van der Waals surface area (Å²) in [5.41, 5.74) is 10.4. The van der Waals surface area contributed by atoms with Crippen molar-refractivity contribution in [3.63, 3.8) is 0 Å². The van der Waals surface area contributed by atoms with Gasteiger partial charge >= 0.3 is 0 Å². The van der Waals surface area contributed by atoms with Crippen LogP contribution in [0.15, 0.2) is 54.7 Å². The van der Waals surface area contributed by atoms with Crippen LogP contribution >= 0.6 is 0 Å². The van der Waals surface area contributed by atoms with Crippen LogP contribution in [0.3, 0.4) is 0 Å². The summed E-state index contributed by atoms with van der Waals surface area (Å²) in [6.45, 7) is 2.95. The summed E-state index contributed by atoms with van der Waals surface area (Å²) in [5.74, 6) is 2.37. The van der Waals surface area contributed by atoms with Gasteiger partial charge in [0.2, 0.25) is 5.95 Å². The van der Waals surface area contributed by atoms with Gasteiger partial charge in [0.1, 0.15) is 11.5 Å². The molecule has 6 nitrogen and oxygen atoms in total. The summed E-state index contributed by atoms with van der Waals surface area (Å²) in [6, 6.07) is 16.3. The maximum atomic E-state index is 5.98. The summed E-state index contributed by atoms with van der Waals surface area (Å²) in [7, 11) is 3.37. The van der Waals surface area contributed by atoms with Gasteiger partial charge in [0, 0.05) is 30.8 Å². The number of nitrogen functional groups attached to an aromatic ring is 1. The first-order valence-electron chi connectivity index (χ1n) is 10.3. The molecule has 156 valence electrons. The second-order valence-corrected chi connectivity index (χ2v) is 7.68. The highest BCUT2D eigenvalue weighted by molar-refractivity contribution is 5.67. The first-order chi connectivity index (χ1) is 14.7. The van der Waals surface area contributed by atoms with Crippen molar-refractivity contribution in [1.82, 2.24) is 14.9 Å². The number of hydrogen-bond acceptors (Lipinski definition) is 6. The normalized spacial score (nSPS) is 16.9. The number of hydrogen-bond donors (Lipinski definition) is 1. The minimum Gasteiger partial charge on any atom is -0.497 e. The van der Waals surface area contributed by atoms with Crippen LogP contribution in [-0.2, 0) is 6.54 Å². The van der Waals surface area contributed by atoms with E-state index in [1.165, 1.54) is 5.56 Å². The lowest BCUT2D eigenvalue weighted by Gasteiger charge is -2.33. The number of anilines is 1. The maximum absolute atomic E-state index is 5.98. The standard InChI is InChI=1S/C24H28N4O2/c1-29-20-9-5-17(6-10-20)15-28-13-3-4-19(16-28)23-22(14-26-24(25)27-23)18-7-11-21(30-2)12-8-18/h5-12,14,19H,3-4,13,15-16H2,1-2H3,(H2,25,26,27)/t19-/m0/s1. The molecular weight excluding hydrogens is 376 g/mol. The molecule has 2 N–H and O–H groups in total. The number of piperidine rings is 1. The van der Waals surface area contributed by atoms with Crippen LogP contribution in [-0.4, -0.2) is 42.2 Å². The van der Waals surface area contributed by atoms with Crippen molar-refractivity contribution >= 4 is 5.95 Å². The molecule has 0 saturated carbocycles. The van der Waals surface area contributed by atoms with Gasteiger partial charge in [-0.2, -0.15) is 0 Å². The highest BCUT2D eigenvalue weighted by Crippen LogP contribution is 2.34. The zero-order valence-electron chi connectivity index (χ0n) is 17.5. The van der Waals surface area contributed by atoms with E-state index in [2.05, 4.69) is 39.1 Å². The van der Waals surface area contributed by atoms with E-state index in [4.69, 9.17) is 15.2 Å². The predicted molar refractivity (Wildman–Crippen MR) is 119 cm³/mol. The molecule has 2 aromatic carbocycles. The SMILES string of the molecule is COc1ccc(CN2CCC[C@H](c3nc(N)ncc3-c3ccc(OC)cc3)C2)cc1. The summed E-state index contributed by atoms with van der Waals surface area (Å²) >= 11 is 0. The van der Waals surface area contributed by atoms with Crippen LogP contribution in [0, 0.1) is 0 Å². The average Bonchev–Trinajstić information content (AvgIpc) is 2.80. The third kappa shape index (κ3) is 4.54. The van der Waals surface area contributed by atoms with E-state index in [1.807, 2.05) is 30.5 Å². The third-order valence-electron chi connectivity index (χ3n) is 5.70. The molecular formula is C24H28N4O2. The number of methoxy groups -OCH3 is 2. The second kappa shape index (κ2) is 9.13. The Balaban J connectivity index is 1.55. The molecule has 3 aromatic rings. The van der Waals surface area contributed by atoms with E-state index in [0.717, 1.165) is 60.8 Å². The van der Waals surface area contributed by atoms with Gasteiger partial charge in [-0.1, -0.05) is 24.3 Å². The van der Waals surface area contributed by atoms with Gasteiger partial charge in [-0.05, 0) is 54.8 Å². The lowest BCUT2D eigenvalue weighted by molar-refractivity contribution is 0.198. The first kappa shape index (κ1) is 20.2. The quantitative estimate of drug-likeness (QED) is 0.666. The monoisotopic (exact) mass is 404 g/mol. The Morgan fingerprint density at radius 3 is 2.33 bits per heavy atom. The molecule has 4 rings (SSSR count). The molecule has 6 heteroatoms. The Morgan fingerprint density at radius 2 is 1.67 bits per heavy atom. The Labute approximate surface area is 177 Å². The zero-order chi connectivity index (χ0) is 20.9. The van der Waals surface area contributed by atoms with Gasteiger partial charge in [-0.15, -0.1) is 0 Å². The fourth-order valence-corrected chi connectivity index (χ4v) is 4.12. The molecule has 0 aliphatic carbocycles. The topological polar surface area (TPSA) is 73.5 Å². The number of nitrogens with zero attached hydrogens (tertiary/aromatic N) is 3. The van der Waals surface area contributed by atoms with Crippen LogP contribution < -0.4 is 15.2 Å². The minimum atomic E-state index is 0.319. The molecule has 1 fully saturated rings. The molecule has 0 amide bonds.